The van der Waals surface area contributed by atoms with Gasteiger partial charge in [0.15, 0.2) is 0 Å². The topological polar surface area (TPSA) is 112 Å². The Kier molecular flexibility index (Phi) is 5.92. The fourth-order valence-electron chi connectivity index (χ4n) is 2.19. The van der Waals surface area contributed by atoms with E-state index in [1.54, 1.807) is 13.8 Å². The van der Waals surface area contributed by atoms with Crippen molar-refractivity contribution < 1.29 is 18.5 Å². The summed E-state index contributed by atoms with van der Waals surface area (Å²) in [5.74, 6) is 0. The van der Waals surface area contributed by atoms with Crippen molar-refractivity contribution in [3.05, 3.63) is 33.1 Å². The normalized spacial score (nSPS) is 17.8. The lowest BCUT2D eigenvalue weighted by Crippen LogP contribution is -2.31. The second kappa shape index (κ2) is 7.72. The summed E-state index contributed by atoms with van der Waals surface area (Å²) in [4.78, 5) is 30.1. The maximum atomic E-state index is 12.4. The summed E-state index contributed by atoms with van der Waals surface area (Å²) in [5, 5.41) is 3.91. The van der Waals surface area contributed by atoms with Crippen LogP contribution in [0.1, 0.15) is 32.9 Å². The van der Waals surface area contributed by atoms with E-state index in [-0.39, 0.29) is 6.16 Å². The van der Waals surface area contributed by atoms with Crippen LogP contribution in [0.4, 0.5) is 0 Å². The van der Waals surface area contributed by atoms with Crippen LogP contribution >= 0.6 is 7.60 Å². The van der Waals surface area contributed by atoms with Crippen molar-refractivity contribution in [3.8, 4) is 0 Å². The maximum Gasteiger partial charge on any atom is 0.331 e. The Morgan fingerprint density at radius 3 is 2.70 bits per heavy atom. The minimum Gasteiger partial charge on any atom is -0.370 e. The quantitative estimate of drug-likeness (QED) is 0.714. The zero-order chi connectivity index (χ0) is 16.9. The first-order valence-corrected chi connectivity index (χ1v) is 9.11. The first kappa shape index (κ1) is 17.7. The molecule has 1 aromatic heterocycles. The number of hydrogen-bond acceptors (Lipinski definition) is 7. The van der Waals surface area contributed by atoms with Gasteiger partial charge in [0.25, 0.3) is 5.56 Å². The highest BCUT2D eigenvalue weighted by Gasteiger charge is 2.28. The molecule has 0 saturated heterocycles. The predicted octanol–water partition coefficient (Wildman–Crippen LogP) is 1.47. The molecule has 2 rings (SSSR count). The summed E-state index contributed by atoms with van der Waals surface area (Å²) < 4.78 is 24.1. The van der Waals surface area contributed by atoms with Crippen molar-refractivity contribution in [3.63, 3.8) is 0 Å². The van der Waals surface area contributed by atoms with Gasteiger partial charge < -0.3 is 13.9 Å². The van der Waals surface area contributed by atoms with E-state index in [1.807, 2.05) is 0 Å². The number of nitrogens with one attached hydrogen (secondary N) is 1. The second-order valence-electron chi connectivity index (χ2n) is 4.86. The Balaban J connectivity index is 1.96. The molecule has 10 heteroatoms. The Hall–Kier alpha value is -1.70. The third kappa shape index (κ3) is 4.63. The third-order valence-electron chi connectivity index (χ3n) is 3.20. The standard InChI is InChI=1S/C13H20N3O6P/c1-3-20-23(19,21-4-2)8-6-10-9-12(22-15-10)16-7-5-11(17)14-13(16)18/h5,7,12H,3-4,6,8-9H2,1-2H3,(H,14,17,18). The molecular formula is C13H20N3O6P. The van der Waals surface area contributed by atoms with Crippen LogP contribution in [0, 0.1) is 0 Å². The lowest BCUT2D eigenvalue weighted by atomic mass is 10.2. The largest absolute Gasteiger partial charge is 0.370 e. The Morgan fingerprint density at radius 2 is 2.09 bits per heavy atom. The van der Waals surface area contributed by atoms with Crippen molar-refractivity contribution in [1.82, 2.24) is 9.55 Å². The SMILES string of the molecule is CCOP(=O)(CCC1=NOC(n2ccc(=O)[nH]c2=O)C1)OCC. The average Bonchev–Trinajstić information content (AvgIpc) is 2.94. The minimum absolute atomic E-state index is 0.199. The second-order valence-corrected chi connectivity index (χ2v) is 7.04. The Bertz CT molecular complexity index is 715. The number of rotatable bonds is 8. The molecule has 2 heterocycles. The van der Waals surface area contributed by atoms with Gasteiger partial charge in [-0.2, -0.15) is 0 Å². The molecule has 0 fully saturated rings. The predicted molar refractivity (Wildman–Crippen MR) is 83.8 cm³/mol. The number of H-pyrrole nitrogens is 1. The lowest BCUT2D eigenvalue weighted by molar-refractivity contribution is 0.0285. The molecule has 0 radical (unpaired) electrons. The molecule has 1 aliphatic heterocycles. The fraction of sp³-hybridized carbons (Fsp3) is 0.615. The zero-order valence-electron chi connectivity index (χ0n) is 13.1. The van der Waals surface area contributed by atoms with Crippen molar-refractivity contribution in [2.45, 2.75) is 32.9 Å². The lowest BCUT2D eigenvalue weighted by Gasteiger charge is -2.16. The smallest absolute Gasteiger partial charge is 0.331 e. The number of aromatic amines is 1. The van der Waals surface area contributed by atoms with E-state index in [4.69, 9.17) is 13.9 Å². The van der Waals surface area contributed by atoms with E-state index in [0.29, 0.717) is 31.8 Å². The van der Waals surface area contributed by atoms with E-state index >= 15 is 0 Å². The van der Waals surface area contributed by atoms with Gasteiger partial charge in [0, 0.05) is 25.1 Å². The molecule has 0 aromatic carbocycles. The van der Waals surface area contributed by atoms with Crippen LogP contribution in [0.15, 0.2) is 27.0 Å². The van der Waals surface area contributed by atoms with Gasteiger partial charge in [0.05, 0.1) is 25.1 Å². The van der Waals surface area contributed by atoms with Crippen molar-refractivity contribution >= 4 is 13.3 Å². The molecule has 0 spiro atoms. The van der Waals surface area contributed by atoms with Gasteiger partial charge in [-0.15, -0.1) is 0 Å². The molecule has 1 N–H and O–H groups in total. The summed E-state index contributed by atoms with van der Waals surface area (Å²) in [6.45, 7) is 4.10. The van der Waals surface area contributed by atoms with Crippen LogP contribution in [0.3, 0.4) is 0 Å². The number of aromatic nitrogens is 2. The van der Waals surface area contributed by atoms with Gasteiger partial charge in [0.2, 0.25) is 6.23 Å². The minimum atomic E-state index is -3.13. The fourth-order valence-corrected chi connectivity index (χ4v) is 3.84. The van der Waals surface area contributed by atoms with Crippen molar-refractivity contribution in [2.24, 2.45) is 5.16 Å². The van der Waals surface area contributed by atoms with Crippen LogP contribution < -0.4 is 11.2 Å². The van der Waals surface area contributed by atoms with Crippen LogP contribution in [0.5, 0.6) is 0 Å². The summed E-state index contributed by atoms with van der Waals surface area (Å²) in [7, 11) is -3.13. The van der Waals surface area contributed by atoms with Crippen LogP contribution in [0.25, 0.3) is 0 Å². The number of nitrogens with zero attached hydrogens (tertiary/aromatic N) is 2. The highest BCUT2D eigenvalue weighted by Crippen LogP contribution is 2.48. The summed E-state index contributed by atoms with van der Waals surface area (Å²) in [5.41, 5.74) is -0.374. The van der Waals surface area contributed by atoms with Gasteiger partial charge >= 0.3 is 13.3 Å². The molecule has 0 bridgehead atoms. The van der Waals surface area contributed by atoms with Crippen molar-refractivity contribution in [2.75, 3.05) is 19.4 Å². The zero-order valence-corrected chi connectivity index (χ0v) is 14.0. The molecule has 128 valence electrons. The molecule has 0 aliphatic carbocycles. The van der Waals surface area contributed by atoms with Gasteiger partial charge in [-0.05, 0) is 13.8 Å². The molecule has 1 aromatic rings. The summed E-state index contributed by atoms with van der Waals surface area (Å²) in [6.07, 6.45) is 1.68. The van der Waals surface area contributed by atoms with Gasteiger partial charge in [-0.3, -0.25) is 18.9 Å². The molecule has 23 heavy (non-hydrogen) atoms. The van der Waals surface area contributed by atoms with Crippen LogP contribution in [0.2, 0.25) is 0 Å². The molecule has 0 amide bonds. The summed E-state index contributed by atoms with van der Waals surface area (Å²) >= 11 is 0. The molecule has 9 nitrogen and oxygen atoms in total. The maximum absolute atomic E-state index is 12.4. The molecule has 1 unspecified atom stereocenters. The molecule has 1 atom stereocenters. The van der Waals surface area contributed by atoms with Crippen LogP contribution in [-0.2, 0) is 18.5 Å². The van der Waals surface area contributed by atoms with E-state index in [2.05, 4.69) is 10.1 Å². The van der Waals surface area contributed by atoms with Crippen molar-refractivity contribution in [1.29, 1.82) is 0 Å². The van der Waals surface area contributed by atoms with E-state index in [9.17, 15) is 14.2 Å². The highest BCUT2D eigenvalue weighted by molar-refractivity contribution is 7.53. The van der Waals surface area contributed by atoms with Gasteiger partial charge in [-0.1, -0.05) is 5.16 Å². The Morgan fingerprint density at radius 1 is 1.39 bits per heavy atom. The van der Waals surface area contributed by atoms with E-state index in [1.165, 1.54) is 16.8 Å². The third-order valence-corrected chi connectivity index (χ3v) is 5.28. The highest BCUT2D eigenvalue weighted by atomic mass is 31.2. The van der Waals surface area contributed by atoms with Crippen LogP contribution in [-0.4, -0.2) is 34.6 Å². The monoisotopic (exact) mass is 345 g/mol. The molecule has 0 saturated carbocycles. The van der Waals surface area contributed by atoms with E-state index in [0.717, 1.165) is 0 Å². The Labute approximate surface area is 132 Å². The summed E-state index contributed by atoms with van der Waals surface area (Å²) in [6, 6.07) is 1.24. The average molecular weight is 345 g/mol. The number of hydrogen-bond donors (Lipinski definition) is 1. The van der Waals surface area contributed by atoms with E-state index < -0.39 is 25.1 Å². The number of oxime groups is 1. The van der Waals surface area contributed by atoms with Gasteiger partial charge in [0.1, 0.15) is 0 Å². The molecule has 1 aliphatic rings. The first-order valence-electron chi connectivity index (χ1n) is 7.38. The van der Waals surface area contributed by atoms with Gasteiger partial charge in [-0.25, -0.2) is 4.79 Å². The first-order chi connectivity index (χ1) is 11.0. The molecular weight excluding hydrogens is 325 g/mol.